The number of likely N-dealkylation sites (tertiary alicyclic amines) is 1. The lowest BCUT2D eigenvalue weighted by atomic mass is 9.98. The molecule has 1 amide bonds. The Balaban J connectivity index is 1.81. The number of hydrogen-bond donors (Lipinski definition) is 2. The molecule has 2 fully saturated rings. The Morgan fingerprint density at radius 2 is 2.29 bits per heavy atom. The molecule has 0 saturated carbocycles. The highest BCUT2D eigenvalue weighted by Gasteiger charge is 2.27. The van der Waals surface area contributed by atoms with Crippen LogP contribution in [0.15, 0.2) is 0 Å². The van der Waals surface area contributed by atoms with E-state index < -0.39 is 0 Å². The Labute approximate surface area is 104 Å². The first kappa shape index (κ1) is 12.8. The summed E-state index contributed by atoms with van der Waals surface area (Å²) >= 11 is 0. The maximum absolute atomic E-state index is 11.2. The highest BCUT2D eigenvalue weighted by molar-refractivity contribution is 5.78. The number of carbonyl (C=O) groups excluding carboxylic acids is 1. The third-order valence-corrected chi connectivity index (χ3v) is 4.02. The highest BCUT2D eigenvalue weighted by atomic mass is 16.1. The number of rotatable bonds is 5. The fourth-order valence-electron chi connectivity index (χ4n) is 3.04. The third-order valence-electron chi connectivity index (χ3n) is 4.02. The largest absolute Gasteiger partial charge is 0.352 e. The fraction of sp³-hybridized carbons (Fsp3) is 0.923. The zero-order valence-corrected chi connectivity index (χ0v) is 10.9. The number of carbonyl (C=O) groups is 1. The normalized spacial score (nSPS) is 30.5. The zero-order chi connectivity index (χ0) is 12.1. The van der Waals surface area contributed by atoms with E-state index in [2.05, 4.69) is 15.5 Å². The quantitative estimate of drug-likeness (QED) is 0.743. The summed E-state index contributed by atoms with van der Waals surface area (Å²) in [6.07, 6.45) is 6.98. The second-order valence-corrected chi connectivity index (χ2v) is 5.34. The summed E-state index contributed by atoms with van der Waals surface area (Å²) in [5.41, 5.74) is 0. The number of nitrogens with zero attached hydrogens (tertiary/aromatic N) is 1. The van der Waals surface area contributed by atoms with Crippen LogP contribution in [0.1, 0.15) is 38.5 Å². The van der Waals surface area contributed by atoms with Crippen LogP contribution >= 0.6 is 0 Å². The first-order valence-corrected chi connectivity index (χ1v) is 6.97. The molecular formula is C13H25N3O. The summed E-state index contributed by atoms with van der Waals surface area (Å²) in [5.74, 6) is 0.235. The van der Waals surface area contributed by atoms with Crippen molar-refractivity contribution < 1.29 is 4.79 Å². The van der Waals surface area contributed by atoms with Gasteiger partial charge in [-0.15, -0.1) is 0 Å². The predicted molar refractivity (Wildman–Crippen MR) is 68.9 cm³/mol. The molecule has 98 valence electrons. The maximum atomic E-state index is 11.2. The van der Waals surface area contributed by atoms with Gasteiger partial charge >= 0.3 is 0 Å². The highest BCUT2D eigenvalue weighted by Crippen LogP contribution is 2.21. The van der Waals surface area contributed by atoms with Crippen molar-refractivity contribution in [1.82, 2.24) is 15.5 Å². The van der Waals surface area contributed by atoms with Crippen LogP contribution in [0.5, 0.6) is 0 Å². The minimum atomic E-state index is 0.235. The van der Waals surface area contributed by atoms with Gasteiger partial charge in [0.05, 0.1) is 0 Å². The summed E-state index contributed by atoms with van der Waals surface area (Å²) in [6.45, 7) is 3.36. The van der Waals surface area contributed by atoms with Gasteiger partial charge in [0.25, 0.3) is 0 Å². The number of hydrogen-bond acceptors (Lipinski definition) is 3. The fourth-order valence-corrected chi connectivity index (χ4v) is 3.04. The van der Waals surface area contributed by atoms with Crippen LogP contribution in [0.2, 0.25) is 0 Å². The minimum Gasteiger partial charge on any atom is -0.352 e. The molecule has 0 bridgehead atoms. The van der Waals surface area contributed by atoms with Crippen LogP contribution in [0.3, 0.4) is 0 Å². The number of nitrogens with one attached hydrogen (secondary N) is 2. The van der Waals surface area contributed by atoms with Gasteiger partial charge < -0.3 is 10.6 Å². The van der Waals surface area contributed by atoms with Gasteiger partial charge in [-0.25, -0.2) is 0 Å². The van der Waals surface area contributed by atoms with Gasteiger partial charge in [-0.1, -0.05) is 6.42 Å². The van der Waals surface area contributed by atoms with E-state index in [1.54, 1.807) is 0 Å². The summed E-state index contributed by atoms with van der Waals surface area (Å²) in [7, 11) is 2.02. The van der Waals surface area contributed by atoms with Crippen LogP contribution in [0.25, 0.3) is 0 Å². The van der Waals surface area contributed by atoms with Gasteiger partial charge in [-0.2, -0.15) is 0 Å². The van der Waals surface area contributed by atoms with Crippen molar-refractivity contribution in [1.29, 1.82) is 0 Å². The van der Waals surface area contributed by atoms with E-state index in [4.69, 9.17) is 0 Å². The van der Waals surface area contributed by atoms with Crippen molar-refractivity contribution in [3.8, 4) is 0 Å². The lowest BCUT2D eigenvalue weighted by Gasteiger charge is -2.37. The molecule has 17 heavy (non-hydrogen) atoms. The van der Waals surface area contributed by atoms with E-state index in [1.165, 1.54) is 32.2 Å². The molecule has 4 heteroatoms. The number of piperidine rings is 1. The second-order valence-electron chi connectivity index (χ2n) is 5.34. The van der Waals surface area contributed by atoms with Crippen LogP contribution in [-0.4, -0.2) is 49.6 Å². The molecule has 4 nitrogen and oxygen atoms in total. The lowest BCUT2D eigenvalue weighted by molar-refractivity contribution is -0.119. The molecule has 0 radical (unpaired) electrons. The Hall–Kier alpha value is -0.610. The molecule has 2 unspecified atom stereocenters. The topological polar surface area (TPSA) is 44.4 Å². The van der Waals surface area contributed by atoms with Crippen LogP contribution < -0.4 is 10.6 Å². The van der Waals surface area contributed by atoms with Gasteiger partial charge in [0.15, 0.2) is 0 Å². The van der Waals surface area contributed by atoms with Crippen molar-refractivity contribution in [2.24, 2.45) is 0 Å². The molecule has 2 aliphatic rings. The molecule has 0 spiro atoms. The molecule has 0 aliphatic carbocycles. The predicted octanol–water partition coefficient (Wildman–Crippen LogP) is 0.729. The Bertz CT molecular complexity index is 257. The molecule has 0 aromatic carbocycles. The van der Waals surface area contributed by atoms with E-state index in [9.17, 15) is 4.79 Å². The molecule has 2 atom stereocenters. The SMILES string of the molecule is CNCCC1CCCCN1CC1CCC(=O)N1. The van der Waals surface area contributed by atoms with E-state index >= 15 is 0 Å². The first-order chi connectivity index (χ1) is 8.29. The summed E-state index contributed by atoms with van der Waals surface area (Å²) in [6, 6.07) is 1.12. The lowest BCUT2D eigenvalue weighted by Crippen LogP contribution is -2.47. The third kappa shape index (κ3) is 3.68. The zero-order valence-electron chi connectivity index (χ0n) is 10.9. The average molecular weight is 239 g/mol. The second kappa shape index (κ2) is 6.36. The Morgan fingerprint density at radius 1 is 1.41 bits per heavy atom. The molecule has 2 rings (SSSR count). The molecular weight excluding hydrogens is 214 g/mol. The number of amides is 1. The first-order valence-electron chi connectivity index (χ1n) is 6.97. The maximum Gasteiger partial charge on any atom is 0.220 e. The molecule has 0 aromatic rings. The van der Waals surface area contributed by atoms with Crippen molar-refractivity contribution in [2.45, 2.75) is 50.6 Å². The van der Waals surface area contributed by atoms with Gasteiger partial charge in [0.2, 0.25) is 5.91 Å². The molecule has 2 aliphatic heterocycles. The van der Waals surface area contributed by atoms with Gasteiger partial charge in [0, 0.05) is 25.0 Å². The van der Waals surface area contributed by atoms with E-state index in [1.807, 2.05) is 7.05 Å². The molecule has 2 saturated heterocycles. The molecule has 2 heterocycles. The van der Waals surface area contributed by atoms with E-state index in [0.717, 1.165) is 25.9 Å². The Morgan fingerprint density at radius 3 is 3.00 bits per heavy atom. The summed E-state index contributed by atoms with van der Waals surface area (Å²) in [5, 5.41) is 6.32. The van der Waals surface area contributed by atoms with Gasteiger partial charge in [-0.3, -0.25) is 9.69 Å². The van der Waals surface area contributed by atoms with Crippen molar-refractivity contribution in [2.75, 3.05) is 26.7 Å². The van der Waals surface area contributed by atoms with Crippen molar-refractivity contribution >= 4 is 5.91 Å². The van der Waals surface area contributed by atoms with E-state index in [0.29, 0.717) is 12.1 Å². The summed E-state index contributed by atoms with van der Waals surface area (Å²) < 4.78 is 0. The summed E-state index contributed by atoms with van der Waals surface area (Å²) in [4.78, 5) is 13.8. The van der Waals surface area contributed by atoms with Crippen LogP contribution in [0, 0.1) is 0 Å². The standard InChI is InChI=1S/C13H25N3O/c1-14-8-7-12-4-2-3-9-16(12)10-11-5-6-13(17)15-11/h11-12,14H,2-10H2,1H3,(H,15,17). The van der Waals surface area contributed by atoms with Crippen molar-refractivity contribution in [3.05, 3.63) is 0 Å². The van der Waals surface area contributed by atoms with Crippen molar-refractivity contribution in [3.63, 3.8) is 0 Å². The molecule has 0 aromatic heterocycles. The van der Waals surface area contributed by atoms with Gasteiger partial charge in [0.1, 0.15) is 0 Å². The Kier molecular flexibility index (Phi) is 4.80. The molecule has 2 N–H and O–H groups in total. The smallest absolute Gasteiger partial charge is 0.220 e. The average Bonchev–Trinajstić information content (AvgIpc) is 2.74. The minimum absolute atomic E-state index is 0.235. The van der Waals surface area contributed by atoms with E-state index in [-0.39, 0.29) is 5.91 Å². The van der Waals surface area contributed by atoms with Crippen LogP contribution in [-0.2, 0) is 4.79 Å². The van der Waals surface area contributed by atoms with Crippen LogP contribution in [0.4, 0.5) is 0 Å². The monoisotopic (exact) mass is 239 g/mol. The van der Waals surface area contributed by atoms with Gasteiger partial charge in [-0.05, 0) is 45.8 Å².